The third-order valence-corrected chi connectivity index (χ3v) is 6.93. The number of hydrogen-bond donors (Lipinski definition) is 1. The molecular weight excluding hydrogens is 432 g/mol. The van der Waals surface area contributed by atoms with Crippen molar-refractivity contribution in [1.82, 2.24) is 9.97 Å². The van der Waals surface area contributed by atoms with Gasteiger partial charge in [-0.3, -0.25) is 15.1 Å². The molecule has 1 aliphatic rings. The van der Waals surface area contributed by atoms with E-state index in [0.717, 1.165) is 40.1 Å². The van der Waals surface area contributed by atoms with E-state index in [2.05, 4.69) is 32.3 Å². The number of aryl methyl sites for hydroxylation is 1. The van der Waals surface area contributed by atoms with Gasteiger partial charge in [0.1, 0.15) is 5.75 Å². The lowest BCUT2D eigenvalue weighted by molar-refractivity contribution is 0.102. The summed E-state index contributed by atoms with van der Waals surface area (Å²) < 4.78 is 6.60. The van der Waals surface area contributed by atoms with Crippen molar-refractivity contribution in [1.29, 1.82) is 0 Å². The molecule has 6 nitrogen and oxygen atoms in total. The van der Waals surface area contributed by atoms with Gasteiger partial charge >= 0.3 is 0 Å². The van der Waals surface area contributed by atoms with Crippen molar-refractivity contribution < 1.29 is 9.53 Å². The monoisotopic (exact) mass is 458 g/mol. The first-order valence-electron chi connectivity index (χ1n) is 11.2. The number of anilines is 2. The summed E-state index contributed by atoms with van der Waals surface area (Å²) >= 11 is 1.50. The Labute approximate surface area is 197 Å². The Balaban J connectivity index is 1.44. The number of nitrogens with one attached hydrogen (secondary N) is 1. The van der Waals surface area contributed by atoms with Gasteiger partial charge in [-0.25, -0.2) is 4.98 Å². The Hall–Kier alpha value is -3.45. The van der Waals surface area contributed by atoms with Crippen molar-refractivity contribution in [3.8, 4) is 16.9 Å². The number of fused-ring (bicyclic) bond motifs is 1. The lowest BCUT2D eigenvalue weighted by Gasteiger charge is -2.28. The Morgan fingerprint density at radius 2 is 1.88 bits per heavy atom. The first-order valence-corrected chi connectivity index (χ1v) is 12.0. The van der Waals surface area contributed by atoms with E-state index < -0.39 is 0 Å². The van der Waals surface area contributed by atoms with E-state index in [1.807, 2.05) is 43.3 Å². The van der Waals surface area contributed by atoms with Gasteiger partial charge in [0, 0.05) is 41.8 Å². The highest BCUT2D eigenvalue weighted by atomic mass is 32.1. The third kappa shape index (κ3) is 4.41. The molecule has 1 fully saturated rings. The van der Waals surface area contributed by atoms with Crippen molar-refractivity contribution in [2.24, 2.45) is 0 Å². The van der Waals surface area contributed by atoms with Gasteiger partial charge in [-0.05, 0) is 56.5 Å². The molecule has 2 aromatic carbocycles. The van der Waals surface area contributed by atoms with Crippen LogP contribution in [0.2, 0.25) is 0 Å². The van der Waals surface area contributed by atoms with Crippen LogP contribution < -0.4 is 15.0 Å². The third-order valence-electron chi connectivity index (χ3n) is 6.00. The minimum atomic E-state index is -0.237. The number of benzene rings is 2. The van der Waals surface area contributed by atoms with Crippen molar-refractivity contribution in [2.75, 3.05) is 30.4 Å². The molecule has 0 saturated carbocycles. The molecule has 0 aliphatic carbocycles. The number of rotatable bonds is 5. The second kappa shape index (κ2) is 9.19. The molecule has 3 heterocycles. The van der Waals surface area contributed by atoms with Crippen LogP contribution in [0.5, 0.6) is 5.75 Å². The predicted molar refractivity (Wildman–Crippen MR) is 135 cm³/mol. The molecule has 1 N–H and O–H groups in total. The van der Waals surface area contributed by atoms with Crippen molar-refractivity contribution in [3.05, 3.63) is 66.0 Å². The number of pyridine rings is 1. The quantitative estimate of drug-likeness (QED) is 0.402. The largest absolute Gasteiger partial charge is 0.496 e. The predicted octanol–water partition coefficient (Wildman–Crippen LogP) is 5.92. The van der Waals surface area contributed by atoms with Crippen LogP contribution >= 0.6 is 11.3 Å². The SMILES string of the molecule is COc1ccccc1-c1cc(C)ncc1C(=O)Nc1nc2ccc(N3CCCCC3)cc2s1. The summed E-state index contributed by atoms with van der Waals surface area (Å²) in [6.45, 7) is 4.11. The van der Waals surface area contributed by atoms with E-state index in [0.29, 0.717) is 16.4 Å². The minimum absolute atomic E-state index is 0.237. The molecule has 0 bridgehead atoms. The molecule has 0 spiro atoms. The van der Waals surface area contributed by atoms with Gasteiger partial charge in [-0.1, -0.05) is 29.5 Å². The van der Waals surface area contributed by atoms with E-state index >= 15 is 0 Å². The lowest BCUT2D eigenvalue weighted by Crippen LogP contribution is -2.29. The van der Waals surface area contributed by atoms with Crippen molar-refractivity contribution >= 4 is 38.3 Å². The topological polar surface area (TPSA) is 67.3 Å². The number of para-hydroxylation sites is 1. The average molecular weight is 459 g/mol. The molecule has 4 aromatic rings. The van der Waals surface area contributed by atoms with Crippen molar-refractivity contribution in [2.45, 2.75) is 26.2 Å². The van der Waals surface area contributed by atoms with Gasteiger partial charge in [0.2, 0.25) is 0 Å². The molecule has 0 radical (unpaired) electrons. The molecular formula is C26H26N4O2S. The van der Waals surface area contributed by atoms with E-state index in [-0.39, 0.29) is 5.91 Å². The fourth-order valence-electron chi connectivity index (χ4n) is 4.31. The maximum absolute atomic E-state index is 13.3. The van der Waals surface area contributed by atoms with Crippen LogP contribution in [0.1, 0.15) is 35.3 Å². The van der Waals surface area contributed by atoms with E-state index in [1.54, 1.807) is 13.3 Å². The van der Waals surface area contributed by atoms with Crippen LogP contribution in [0.4, 0.5) is 10.8 Å². The lowest BCUT2D eigenvalue weighted by atomic mass is 9.99. The van der Waals surface area contributed by atoms with Crippen LogP contribution in [-0.2, 0) is 0 Å². The zero-order valence-electron chi connectivity index (χ0n) is 18.8. The van der Waals surface area contributed by atoms with Crippen LogP contribution in [0.15, 0.2) is 54.7 Å². The normalized spacial score (nSPS) is 13.8. The number of thiazole rings is 1. The highest BCUT2D eigenvalue weighted by Gasteiger charge is 2.19. The summed E-state index contributed by atoms with van der Waals surface area (Å²) in [5.74, 6) is 0.473. The summed E-state index contributed by atoms with van der Waals surface area (Å²) in [5, 5.41) is 3.57. The zero-order valence-corrected chi connectivity index (χ0v) is 19.6. The number of ether oxygens (including phenoxy) is 1. The van der Waals surface area contributed by atoms with Gasteiger partial charge in [0.15, 0.2) is 5.13 Å². The first kappa shape index (κ1) is 21.4. The molecule has 168 valence electrons. The van der Waals surface area contributed by atoms with Gasteiger partial charge in [0.05, 0.1) is 22.9 Å². The smallest absolute Gasteiger partial charge is 0.259 e. The second-order valence-corrected chi connectivity index (χ2v) is 9.28. The maximum atomic E-state index is 13.3. The molecule has 2 aromatic heterocycles. The van der Waals surface area contributed by atoms with Gasteiger partial charge < -0.3 is 9.64 Å². The Morgan fingerprint density at radius 3 is 2.70 bits per heavy atom. The zero-order chi connectivity index (χ0) is 22.8. The molecule has 33 heavy (non-hydrogen) atoms. The summed E-state index contributed by atoms with van der Waals surface area (Å²) in [7, 11) is 1.63. The molecule has 7 heteroatoms. The van der Waals surface area contributed by atoms with Gasteiger partial charge in [-0.2, -0.15) is 0 Å². The minimum Gasteiger partial charge on any atom is -0.496 e. The summed E-state index contributed by atoms with van der Waals surface area (Å²) in [5.41, 5.74) is 5.07. The summed E-state index contributed by atoms with van der Waals surface area (Å²) in [6.07, 6.45) is 5.40. The molecule has 5 rings (SSSR count). The molecule has 1 saturated heterocycles. The van der Waals surface area contributed by atoms with Crippen LogP contribution in [0.25, 0.3) is 21.3 Å². The summed E-state index contributed by atoms with van der Waals surface area (Å²) in [4.78, 5) is 24.7. The number of amides is 1. The number of methoxy groups -OCH3 is 1. The standard InChI is InChI=1S/C26H26N4O2S/c1-17-14-20(19-8-4-5-9-23(19)32-2)21(16-27-17)25(31)29-26-28-22-11-10-18(15-24(22)33-26)30-12-6-3-7-13-30/h4-5,8-11,14-16H,3,6-7,12-13H2,1-2H3,(H,28,29,31). The van der Waals surface area contributed by atoms with Gasteiger partial charge in [-0.15, -0.1) is 0 Å². The van der Waals surface area contributed by atoms with Crippen LogP contribution in [-0.4, -0.2) is 36.1 Å². The number of aromatic nitrogens is 2. The molecule has 0 unspecified atom stereocenters. The number of carbonyl (C=O) groups is 1. The van der Waals surface area contributed by atoms with Crippen LogP contribution in [0.3, 0.4) is 0 Å². The number of piperidine rings is 1. The van der Waals surface area contributed by atoms with E-state index in [9.17, 15) is 4.79 Å². The Kier molecular flexibility index (Phi) is 5.96. The molecule has 1 aliphatic heterocycles. The molecule has 0 atom stereocenters. The maximum Gasteiger partial charge on any atom is 0.259 e. The number of hydrogen-bond acceptors (Lipinski definition) is 6. The second-order valence-electron chi connectivity index (χ2n) is 8.24. The van der Waals surface area contributed by atoms with Gasteiger partial charge in [0.25, 0.3) is 5.91 Å². The van der Waals surface area contributed by atoms with E-state index in [4.69, 9.17) is 4.74 Å². The summed E-state index contributed by atoms with van der Waals surface area (Å²) in [6, 6.07) is 15.9. The fourth-order valence-corrected chi connectivity index (χ4v) is 5.20. The number of carbonyl (C=O) groups excluding carboxylic acids is 1. The Morgan fingerprint density at radius 1 is 1.06 bits per heavy atom. The number of nitrogens with zero attached hydrogens (tertiary/aromatic N) is 3. The Bertz CT molecular complexity index is 1310. The highest BCUT2D eigenvalue weighted by molar-refractivity contribution is 7.22. The van der Waals surface area contributed by atoms with Crippen LogP contribution in [0, 0.1) is 6.92 Å². The van der Waals surface area contributed by atoms with Crippen molar-refractivity contribution in [3.63, 3.8) is 0 Å². The highest BCUT2D eigenvalue weighted by Crippen LogP contribution is 2.34. The average Bonchev–Trinajstić information content (AvgIpc) is 3.25. The van der Waals surface area contributed by atoms with E-state index in [1.165, 1.54) is 36.3 Å². The first-order chi connectivity index (χ1) is 16.1. The fraction of sp³-hybridized carbons (Fsp3) is 0.269. The molecule has 1 amide bonds.